The van der Waals surface area contributed by atoms with Gasteiger partial charge in [-0.05, 0) is 37.6 Å². The van der Waals surface area contributed by atoms with Crippen molar-refractivity contribution in [2.24, 2.45) is 5.73 Å². The molecule has 0 bridgehead atoms. The van der Waals surface area contributed by atoms with Crippen molar-refractivity contribution in [3.63, 3.8) is 0 Å². The van der Waals surface area contributed by atoms with Gasteiger partial charge in [0.1, 0.15) is 0 Å². The predicted octanol–water partition coefficient (Wildman–Crippen LogP) is 1.46. The molecular weight excluding hydrogens is 457 g/mol. The summed E-state index contributed by atoms with van der Waals surface area (Å²) in [5, 5.41) is 14.1. The van der Waals surface area contributed by atoms with Gasteiger partial charge in [0.05, 0.1) is 12.2 Å². The number of carboxylic acids is 1. The van der Waals surface area contributed by atoms with E-state index in [0.29, 0.717) is 12.2 Å². The molecule has 1 aromatic carbocycles. The van der Waals surface area contributed by atoms with Crippen molar-refractivity contribution in [3.05, 3.63) is 47.8 Å². The Morgan fingerprint density at radius 2 is 1.85 bits per heavy atom. The molecule has 1 aliphatic rings. The molecule has 180 valence electrons. The number of nitrogens with one attached hydrogen (secondary N) is 1. The van der Waals surface area contributed by atoms with E-state index in [2.05, 4.69) is 10.4 Å². The third-order valence-electron chi connectivity index (χ3n) is 4.45. The zero-order chi connectivity index (χ0) is 24.8. The number of aromatic nitrogens is 2. The number of rotatable bonds is 5. The molecule has 9 nitrogen and oxygen atoms in total. The van der Waals surface area contributed by atoms with Gasteiger partial charge >= 0.3 is 12.1 Å². The fourth-order valence-corrected chi connectivity index (χ4v) is 3.01. The van der Waals surface area contributed by atoms with E-state index in [1.165, 1.54) is 23.0 Å². The van der Waals surface area contributed by atoms with Gasteiger partial charge in [-0.1, -0.05) is 0 Å². The van der Waals surface area contributed by atoms with Crippen LogP contribution in [0.1, 0.15) is 23.3 Å². The lowest BCUT2D eigenvalue weighted by Gasteiger charge is -2.32. The first-order valence-corrected chi connectivity index (χ1v) is 9.49. The zero-order valence-electron chi connectivity index (χ0n) is 17.0. The highest BCUT2D eigenvalue weighted by molar-refractivity contribution is 5.92. The normalized spacial score (nSPS) is 16.5. The molecule has 1 saturated heterocycles. The molecule has 0 spiro atoms. The van der Waals surface area contributed by atoms with Crippen LogP contribution in [0, 0.1) is 11.6 Å². The molecule has 14 heteroatoms. The number of nitrogens with two attached hydrogens (primary N) is 1. The van der Waals surface area contributed by atoms with Gasteiger partial charge in [-0.15, -0.1) is 0 Å². The summed E-state index contributed by atoms with van der Waals surface area (Å²) in [7, 11) is 0. The Bertz CT molecular complexity index is 1010. The van der Waals surface area contributed by atoms with Crippen molar-refractivity contribution in [3.8, 4) is 5.69 Å². The Morgan fingerprint density at radius 1 is 1.18 bits per heavy atom. The molecule has 2 amide bonds. The van der Waals surface area contributed by atoms with Crippen LogP contribution in [0.2, 0.25) is 0 Å². The molecule has 1 aliphatic heterocycles. The highest BCUT2D eigenvalue weighted by Crippen LogP contribution is 2.14. The number of amides is 2. The van der Waals surface area contributed by atoms with E-state index in [1.807, 2.05) is 4.90 Å². The van der Waals surface area contributed by atoms with Gasteiger partial charge in [-0.3, -0.25) is 14.5 Å². The van der Waals surface area contributed by atoms with Crippen LogP contribution in [0.3, 0.4) is 0 Å². The lowest BCUT2D eigenvalue weighted by atomic mass is 10.1. The Morgan fingerprint density at radius 3 is 2.42 bits per heavy atom. The SMILES string of the molecule is NC(=O)CN1CCCC(NC(=O)c2ccn(-c3ccc(F)c(F)c3)n2)C1.O=C(O)C(F)(F)F. The number of alkyl halides is 3. The van der Waals surface area contributed by atoms with Crippen LogP contribution in [0.4, 0.5) is 22.0 Å². The molecule has 0 radical (unpaired) electrons. The maximum absolute atomic E-state index is 13.3. The molecule has 2 aromatic rings. The number of halogens is 5. The molecule has 4 N–H and O–H groups in total. The van der Waals surface area contributed by atoms with Crippen LogP contribution in [-0.2, 0) is 9.59 Å². The van der Waals surface area contributed by atoms with Crippen LogP contribution in [-0.4, -0.2) is 69.4 Å². The third kappa shape index (κ3) is 7.82. The van der Waals surface area contributed by atoms with E-state index in [1.54, 1.807) is 0 Å². The van der Waals surface area contributed by atoms with Crippen LogP contribution < -0.4 is 11.1 Å². The highest BCUT2D eigenvalue weighted by atomic mass is 19.4. The van der Waals surface area contributed by atoms with E-state index in [9.17, 15) is 31.5 Å². The van der Waals surface area contributed by atoms with E-state index in [-0.39, 0.29) is 24.2 Å². The molecule has 33 heavy (non-hydrogen) atoms. The molecule has 1 atom stereocenters. The maximum atomic E-state index is 13.3. The number of benzene rings is 1. The van der Waals surface area contributed by atoms with Gasteiger partial charge in [0.15, 0.2) is 17.3 Å². The zero-order valence-corrected chi connectivity index (χ0v) is 17.0. The van der Waals surface area contributed by atoms with Crippen LogP contribution in [0.5, 0.6) is 0 Å². The van der Waals surface area contributed by atoms with Gasteiger partial charge in [-0.2, -0.15) is 18.3 Å². The van der Waals surface area contributed by atoms with Crippen molar-refractivity contribution < 1.29 is 41.4 Å². The summed E-state index contributed by atoms with van der Waals surface area (Å²) in [6.45, 7) is 1.47. The molecule has 1 fully saturated rings. The minimum Gasteiger partial charge on any atom is -0.475 e. The first kappa shape index (κ1) is 25.7. The van der Waals surface area contributed by atoms with Crippen LogP contribution in [0.15, 0.2) is 30.5 Å². The van der Waals surface area contributed by atoms with Gasteiger partial charge in [0.25, 0.3) is 5.91 Å². The predicted molar refractivity (Wildman–Crippen MR) is 103 cm³/mol. The number of likely N-dealkylation sites (tertiary alicyclic amines) is 1. The van der Waals surface area contributed by atoms with E-state index in [0.717, 1.165) is 31.5 Å². The third-order valence-corrected chi connectivity index (χ3v) is 4.45. The molecular formula is C19H20F5N5O4. The number of carbonyl (C=O) groups excluding carboxylic acids is 2. The number of nitrogens with zero attached hydrogens (tertiary/aromatic N) is 3. The van der Waals surface area contributed by atoms with Crippen molar-refractivity contribution in [2.45, 2.75) is 25.1 Å². The summed E-state index contributed by atoms with van der Waals surface area (Å²) in [4.78, 5) is 34.2. The van der Waals surface area contributed by atoms with Gasteiger partial charge in [0.2, 0.25) is 5.91 Å². The molecule has 0 aliphatic carbocycles. The molecule has 1 unspecified atom stereocenters. The molecule has 1 aromatic heterocycles. The average molecular weight is 477 g/mol. The van der Waals surface area contributed by atoms with Crippen LogP contribution in [0.25, 0.3) is 5.69 Å². The fourth-order valence-electron chi connectivity index (χ4n) is 3.01. The second-order valence-electron chi connectivity index (χ2n) is 7.06. The molecule has 0 saturated carbocycles. The number of hydrogen-bond acceptors (Lipinski definition) is 5. The minimum absolute atomic E-state index is 0.107. The molecule has 2 heterocycles. The Labute approximate surface area is 184 Å². The van der Waals surface area contributed by atoms with Crippen molar-refractivity contribution in [1.82, 2.24) is 20.0 Å². The number of piperidine rings is 1. The van der Waals surface area contributed by atoms with Crippen molar-refractivity contribution >= 4 is 17.8 Å². The number of primary amides is 1. The van der Waals surface area contributed by atoms with E-state index in [4.69, 9.17) is 15.6 Å². The average Bonchev–Trinajstić information content (AvgIpc) is 3.20. The summed E-state index contributed by atoms with van der Waals surface area (Å²) < 4.78 is 59.4. The summed E-state index contributed by atoms with van der Waals surface area (Å²) >= 11 is 0. The Kier molecular flexibility index (Phi) is 8.45. The second-order valence-corrected chi connectivity index (χ2v) is 7.06. The van der Waals surface area contributed by atoms with Crippen molar-refractivity contribution in [2.75, 3.05) is 19.6 Å². The lowest BCUT2D eigenvalue weighted by molar-refractivity contribution is -0.192. The van der Waals surface area contributed by atoms with Gasteiger partial charge < -0.3 is 16.2 Å². The van der Waals surface area contributed by atoms with Crippen LogP contribution >= 0.6 is 0 Å². The second kappa shape index (κ2) is 10.8. The van der Waals surface area contributed by atoms with Gasteiger partial charge in [0, 0.05) is 24.8 Å². The quantitative estimate of drug-likeness (QED) is 0.559. The van der Waals surface area contributed by atoms with Gasteiger partial charge in [-0.25, -0.2) is 18.3 Å². The Balaban J connectivity index is 0.000000479. The lowest BCUT2D eigenvalue weighted by Crippen LogP contribution is -2.49. The topological polar surface area (TPSA) is 131 Å². The summed E-state index contributed by atoms with van der Waals surface area (Å²) in [5.74, 6) is -5.45. The molecule has 3 rings (SSSR count). The largest absolute Gasteiger partial charge is 0.490 e. The summed E-state index contributed by atoms with van der Waals surface area (Å²) in [5.41, 5.74) is 5.69. The summed E-state index contributed by atoms with van der Waals surface area (Å²) in [6.07, 6.45) is -1.94. The number of carboxylic acid groups (broad SMARTS) is 1. The Hall–Kier alpha value is -3.55. The first-order valence-electron chi connectivity index (χ1n) is 9.49. The monoisotopic (exact) mass is 477 g/mol. The minimum atomic E-state index is -5.08. The highest BCUT2D eigenvalue weighted by Gasteiger charge is 2.38. The van der Waals surface area contributed by atoms with Crippen molar-refractivity contribution in [1.29, 1.82) is 0 Å². The number of carbonyl (C=O) groups is 3. The first-order chi connectivity index (χ1) is 15.4. The summed E-state index contributed by atoms with van der Waals surface area (Å²) in [6, 6.07) is 4.77. The number of hydrogen-bond donors (Lipinski definition) is 3. The standard InChI is InChI=1S/C17H19F2N5O2.C2HF3O2/c18-13-4-3-12(8-14(13)19)24-7-5-15(22-24)17(26)21-11-2-1-6-23(9-11)10-16(20)25;3-2(4,5)1(6)7/h3-5,7-8,11H,1-2,6,9-10H2,(H2,20,25)(H,21,26);(H,6,7). The van der Waals surface area contributed by atoms with E-state index >= 15 is 0 Å². The number of aliphatic carboxylic acids is 1. The maximum Gasteiger partial charge on any atom is 0.490 e. The smallest absolute Gasteiger partial charge is 0.475 e. The van der Waals surface area contributed by atoms with E-state index < -0.39 is 29.7 Å². The fraction of sp³-hybridized carbons (Fsp3) is 0.368.